The Kier molecular flexibility index (Phi) is 3.30. The van der Waals surface area contributed by atoms with Crippen LogP contribution in [-0.2, 0) is 11.8 Å². The van der Waals surface area contributed by atoms with Gasteiger partial charge in [-0.05, 0) is 16.5 Å². The Bertz CT molecular complexity index is 339. The Hall–Kier alpha value is -1.29. The Morgan fingerprint density at radius 1 is 1.29 bits per heavy atom. The third-order valence-corrected chi connectivity index (χ3v) is 2.31. The average molecular weight is 187 g/mol. The summed E-state index contributed by atoms with van der Waals surface area (Å²) in [6.45, 7) is 14.0. The molecule has 0 atom stereocenters. The highest BCUT2D eigenvalue weighted by molar-refractivity contribution is 5.28. The molecular formula is C13H17N. The van der Waals surface area contributed by atoms with E-state index in [-0.39, 0.29) is 5.41 Å². The van der Waals surface area contributed by atoms with Gasteiger partial charge in [-0.25, -0.2) is 6.57 Å². The zero-order valence-corrected chi connectivity index (χ0v) is 9.17. The van der Waals surface area contributed by atoms with Crippen LogP contribution in [0.4, 0.5) is 0 Å². The molecule has 0 bridgehead atoms. The molecule has 0 saturated heterocycles. The summed E-state index contributed by atoms with van der Waals surface area (Å²) in [4.78, 5) is 3.37. The minimum Gasteiger partial charge on any atom is -0.317 e. The molecule has 0 unspecified atom stereocenters. The molecule has 1 rings (SSSR count). The summed E-state index contributed by atoms with van der Waals surface area (Å²) in [6, 6.07) is 8.55. The van der Waals surface area contributed by atoms with Crippen molar-refractivity contribution in [1.29, 1.82) is 0 Å². The summed E-state index contributed by atoms with van der Waals surface area (Å²) >= 11 is 0. The molecule has 0 saturated carbocycles. The standard InChI is InChI=1S/C13H17N/c1-13(2,3)12-7-5-6-11(10-12)8-9-14-4/h5-7,10H,8-9H2,1-3H3. The number of rotatable bonds is 2. The van der Waals surface area contributed by atoms with Crippen LogP contribution in [0.3, 0.4) is 0 Å². The van der Waals surface area contributed by atoms with Gasteiger partial charge in [-0.1, -0.05) is 45.0 Å². The normalized spacial score (nSPS) is 11.0. The van der Waals surface area contributed by atoms with E-state index in [4.69, 9.17) is 6.57 Å². The second kappa shape index (κ2) is 4.28. The van der Waals surface area contributed by atoms with Crippen molar-refractivity contribution < 1.29 is 0 Å². The van der Waals surface area contributed by atoms with Crippen LogP contribution >= 0.6 is 0 Å². The summed E-state index contributed by atoms with van der Waals surface area (Å²) in [5.41, 5.74) is 2.82. The Morgan fingerprint density at radius 2 is 2.00 bits per heavy atom. The van der Waals surface area contributed by atoms with Crippen LogP contribution in [0.15, 0.2) is 24.3 Å². The molecule has 0 amide bonds. The second-order valence-electron chi connectivity index (χ2n) is 4.58. The molecule has 1 heteroatoms. The van der Waals surface area contributed by atoms with E-state index in [0.717, 1.165) is 6.42 Å². The van der Waals surface area contributed by atoms with E-state index >= 15 is 0 Å². The van der Waals surface area contributed by atoms with Crippen molar-refractivity contribution in [3.8, 4) is 0 Å². The number of benzene rings is 1. The van der Waals surface area contributed by atoms with Crippen molar-refractivity contribution in [2.24, 2.45) is 0 Å². The van der Waals surface area contributed by atoms with Gasteiger partial charge in [0, 0.05) is 6.42 Å². The molecule has 0 N–H and O–H groups in total. The molecule has 0 aliphatic rings. The smallest absolute Gasteiger partial charge is 0.218 e. The van der Waals surface area contributed by atoms with E-state index in [2.05, 4.69) is 49.9 Å². The molecule has 0 aliphatic carbocycles. The lowest BCUT2D eigenvalue weighted by molar-refractivity contribution is 0.589. The van der Waals surface area contributed by atoms with Gasteiger partial charge in [0.1, 0.15) is 0 Å². The molecule has 1 nitrogen and oxygen atoms in total. The minimum atomic E-state index is 0.202. The van der Waals surface area contributed by atoms with E-state index in [1.54, 1.807) is 0 Å². The third-order valence-electron chi connectivity index (χ3n) is 2.31. The van der Waals surface area contributed by atoms with E-state index in [1.165, 1.54) is 11.1 Å². The fraction of sp³-hybridized carbons (Fsp3) is 0.462. The third kappa shape index (κ3) is 2.88. The Balaban J connectivity index is 2.86. The van der Waals surface area contributed by atoms with Crippen LogP contribution in [0.25, 0.3) is 4.85 Å². The van der Waals surface area contributed by atoms with E-state index < -0.39 is 0 Å². The van der Waals surface area contributed by atoms with Crippen LogP contribution in [0.1, 0.15) is 31.9 Å². The van der Waals surface area contributed by atoms with Gasteiger partial charge in [0.05, 0.1) is 0 Å². The lowest BCUT2D eigenvalue weighted by Crippen LogP contribution is -2.11. The highest BCUT2D eigenvalue weighted by Crippen LogP contribution is 2.22. The molecule has 1 aromatic rings. The van der Waals surface area contributed by atoms with Gasteiger partial charge in [-0.2, -0.15) is 0 Å². The van der Waals surface area contributed by atoms with Crippen LogP contribution in [0.2, 0.25) is 0 Å². The molecule has 0 spiro atoms. The molecule has 0 fully saturated rings. The zero-order valence-electron chi connectivity index (χ0n) is 9.17. The van der Waals surface area contributed by atoms with Crippen LogP contribution in [0, 0.1) is 6.57 Å². The van der Waals surface area contributed by atoms with Crippen LogP contribution in [0.5, 0.6) is 0 Å². The molecule has 14 heavy (non-hydrogen) atoms. The fourth-order valence-electron chi connectivity index (χ4n) is 1.38. The highest BCUT2D eigenvalue weighted by atomic mass is 14.6. The quantitative estimate of drug-likeness (QED) is 0.625. The minimum absolute atomic E-state index is 0.202. The van der Waals surface area contributed by atoms with E-state index in [1.807, 2.05) is 0 Å². The van der Waals surface area contributed by atoms with Crippen molar-refractivity contribution in [1.82, 2.24) is 0 Å². The van der Waals surface area contributed by atoms with Crippen molar-refractivity contribution in [3.05, 3.63) is 46.8 Å². The van der Waals surface area contributed by atoms with Crippen molar-refractivity contribution >= 4 is 0 Å². The largest absolute Gasteiger partial charge is 0.317 e. The van der Waals surface area contributed by atoms with Gasteiger partial charge >= 0.3 is 0 Å². The monoisotopic (exact) mass is 187 g/mol. The topological polar surface area (TPSA) is 4.36 Å². The van der Waals surface area contributed by atoms with Gasteiger partial charge in [0.25, 0.3) is 0 Å². The maximum atomic E-state index is 6.75. The SMILES string of the molecule is [C-]#[N+]CCc1cccc(C(C)(C)C)c1. The molecule has 0 radical (unpaired) electrons. The summed E-state index contributed by atoms with van der Waals surface area (Å²) < 4.78 is 0. The Morgan fingerprint density at radius 3 is 2.57 bits per heavy atom. The average Bonchev–Trinajstić information content (AvgIpc) is 2.14. The van der Waals surface area contributed by atoms with Crippen molar-refractivity contribution in [2.45, 2.75) is 32.6 Å². The van der Waals surface area contributed by atoms with Crippen molar-refractivity contribution in [3.63, 3.8) is 0 Å². The summed E-state index contributed by atoms with van der Waals surface area (Å²) in [7, 11) is 0. The van der Waals surface area contributed by atoms with Gasteiger partial charge < -0.3 is 4.85 Å². The first-order valence-corrected chi connectivity index (χ1v) is 4.96. The van der Waals surface area contributed by atoms with Crippen molar-refractivity contribution in [2.75, 3.05) is 6.54 Å². The van der Waals surface area contributed by atoms with Gasteiger partial charge in [-0.3, -0.25) is 0 Å². The molecule has 74 valence electrons. The first-order valence-electron chi connectivity index (χ1n) is 4.96. The first kappa shape index (κ1) is 10.8. The van der Waals surface area contributed by atoms with Gasteiger partial charge in [-0.15, -0.1) is 0 Å². The van der Waals surface area contributed by atoms with Gasteiger partial charge in [0.15, 0.2) is 0 Å². The number of hydrogen-bond acceptors (Lipinski definition) is 0. The summed E-state index contributed by atoms with van der Waals surface area (Å²) in [5.74, 6) is 0. The summed E-state index contributed by atoms with van der Waals surface area (Å²) in [5, 5.41) is 0. The fourth-order valence-corrected chi connectivity index (χ4v) is 1.38. The van der Waals surface area contributed by atoms with Crippen LogP contribution in [-0.4, -0.2) is 6.54 Å². The van der Waals surface area contributed by atoms with E-state index in [0.29, 0.717) is 6.54 Å². The predicted molar refractivity (Wildman–Crippen MR) is 60.3 cm³/mol. The maximum absolute atomic E-state index is 6.75. The lowest BCUT2D eigenvalue weighted by Gasteiger charge is -2.19. The number of nitrogens with zero attached hydrogens (tertiary/aromatic N) is 1. The second-order valence-corrected chi connectivity index (χ2v) is 4.58. The molecular weight excluding hydrogens is 170 g/mol. The summed E-state index contributed by atoms with van der Waals surface area (Å²) in [6.07, 6.45) is 0.868. The van der Waals surface area contributed by atoms with E-state index in [9.17, 15) is 0 Å². The Labute approximate surface area is 86.6 Å². The molecule has 0 heterocycles. The molecule has 0 aliphatic heterocycles. The zero-order chi connectivity index (χ0) is 10.6. The first-order chi connectivity index (χ1) is 6.54. The number of hydrogen-bond donors (Lipinski definition) is 0. The highest BCUT2D eigenvalue weighted by Gasteiger charge is 2.13. The maximum Gasteiger partial charge on any atom is 0.218 e. The lowest BCUT2D eigenvalue weighted by atomic mass is 9.86. The molecule has 0 aromatic heterocycles. The van der Waals surface area contributed by atoms with Gasteiger partial charge in [0.2, 0.25) is 6.54 Å². The predicted octanol–water partition coefficient (Wildman–Crippen LogP) is 3.45. The van der Waals surface area contributed by atoms with Crippen LogP contribution < -0.4 is 0 Å². The molecule has 1 aromatic carbocycles.